The highest BCUT2D eigenvalue weighted by atomic mass is 16.6. The molecule has 0 radical (unpaired) electrons. The number of hydrogen-bond acceptors (Lipinski definition) is 4. The van der Waals surface area contributed by atoms with Crippen molar-refractivity contribution in [3.05, 3.63) is 30.3 Å². The van der Waals surface area contributed by atoms with E-state index in [0.717, 1.165) is 12.2 Å². The van der Waals surface area contributed by atoms with Crippen LogP contribution >= 0.6 is 0 Å². The number of esters is 1. The minimum Gasteiger partial charge on any atom is -0.490 e. The predicted octanol–water partition coefficient (Wildman–Crippen LogP) is 2.81. The molecule has 0 aliphatic carbocycles. The molecule has 1 aromatic carbocycles. The van der Waals surface area contributed by atoms with Gasteiger partial charge >= 0.3 is 5.97 Å². The smallest absolute Gasteiger partial charge is 0.335 e. The molecular formula is C15H22O4. The molecular weight excluding hydrogens is 244 g/mol. The number of rotatable bonds is 8. The minimum atomic E-state index is -0.529. The molecule has 2 unspecified atom stereocenters. The molecule has 4 nitrogen and oxygen atoms in total. The van der Waals surface area contributed by atoms with E-state index < -0.39 is 6.10 Å². The molecule has 0 spiro atoms. The summed E-state index contributed by atoms with van der Waals surface area (Å²) < 4.78 is 16.1. The van der Waals surface area contributed by atoms with Crippen LogP contribution in [-0.2, 0) is 14.3 Å². The molecule has 1 rings (SSSR count). The molecule has 0 N–H and O–H groups in total. The summed E-state index contributed by atoms with van der Waals surface area (Å²) in [5, 5.41) is 0. The van der Waals surface area contributed by atoms with Gasteiger partial charge < -0.3 is 14.2 Å². The molecule has 0 fully saturated rings. The van der Waals surface area contributed by atoms with E-state index in [0.29, 0.717) is 13.2 Å². The fraction of sp³-hybridized carbons (Fsp3) is 0.533. The van der Waals surface area contributed by atoms with Crippen LogP contribution in [0.25, 0.3) is 0 Å². The van der Waals surface area contributed by atoms with Crippen molar-refractivity contribution in [1.29, 1.82) is 0 Å². The number of carbonyl (C=O) groups is 1. The Hall–Kier alpha value is -1.55. The highest BCUT2D eigenvalue weighted by Gasteiger charge is 2.17. The average molecular weight is 266 g/mol. The van der Waals surface area contributed by atoms with E-state index in [1.807, 2.05) is 37.3 Å². The Morgan fingerprint density at radius 1 is 1.21 bits per heavy atom. The van der Waals surface area contributed by atoms with Gasteiger partial charge in [0, 0.05) is 6.61 Å². The SMILES string of the molecule is CCCOC(C)C(=O)OC(C)COc1ccccc1. The number of ether oxygens (including phenoxy) is 3. The maximum atomic E-state index is 11.7. The molecule has 0 aliphatic heterocycles. The maximum absolute atomic E-state index is 11.7. The molecule has 0 bridgehead atoms. The second-order valence-electron chi connectivity index (χ2n) is 4.38. The van der Waals surface area contributed by atoms with Gasteiger partial charge in [-0.2, -0.15) is 0 Å². The molecule has 0 amide bonds. The lowest BCUT2D eigenvalue weighted by molar-refractivity contribution is -0.162. The minimum absolute atomic E-state index is 0.305. The first kappa shape index (κ1) is 15.5. The molecule has 19 heavy (non-hydrogen) atoms. The summed E-state index contributed by atoms with van der Waals surface area (Å²) in [6.07, 6.45) is 0.0455. The predicted molar refractivity (Wildman–Crippen MR) is 73.2 cm³/mol. The van der Waals surface area contributed by atoms with Crippen LogP contribution in [0.4, 0.5) is 0 Å². The highest BCUT2D eigenvalue weighted by Crippen LogP contribution is 2.09. The zero-order valence-corrected chi connectivity index (χ0v) is 11.8. The first-order chi connectivity index (χ1) is 9.13. The third kappa shape index (κ3) is 6.25. The summed E-state index contributed by atoms with van der Waals surface area (Å²) in [4.78, 5) is 11.7. The van der Waals surface area contributed by atoms with Gasteiger partial charge in [0.05, 0.1) is 0 Å². The van der Waals surface area contributed by atoms with E-state index >= 15 is 0 Å². The van der Waals surface area contributed by atoms with Crippen molar-refractivity contribution < 1.29 is 19.0 Å². The van der Waals surface area contributed by atoms with Gasteiger partial charge in [-0.15, -0.1) is 0 Å². The monoisotopic (exact) mass is 266 g/mol. The van der Waals surface area contributed by atoms with Gasteiger partial charge in [0.2, 0.25) is 0 Å². The molecule has 0 heterocycles. The van der Waals surface area contributed by atoms with E-state index in [-0.39, 0.29) is 12.1 Å². The summed E-state index contributed by atoms with van der Waals surface area (Å²) in [6, 6.07) is 9.44. The van der Waals surface area contributed by atoms with Crippen LogP contribution in [0.3, 0.4) is 0 Å². The van der Waals surface area contributed by atoms with Gasteiger partial charge in [-0.25, -0.2) is 4.79 Å². The van der Waals surface area contributed by atoms with Crippen LogP contribution in [0.1, 0.15) is 27.2 Å². The summed E-state index contributed by atoms with van der Waals surface area (Å²) in [5.74, 6) is 0.415. The molecule has 1 aromatic rings. The molecule has 0 aromatic heterocycles. The van der Waals surface area contributed by atoms with E-state index in [2.05, 4.69) is 0 Å². The number of para-hydroxylation sites is 1. The van der Waals surface area contributed by atoms with E-state index in [1.165, 1.54) is 0 Å². The molecule has 2 atom stereocenters. The fourth-order valence-electron chi connectivity index (χ4n) is 1.42. The van der Waals surface area contributed by atoms with Crippen LogP contribution < -0.4 is 4.74 Å². The Bertz CT molecular complexity index is 364. The number of benzene rings is 1. The Kier molecular flexibility index (Phi) is 6.97. The van der Waals surface area contributed by atoms with Gasteiger partial charge in [0.1, 0.15) is 18.5 Å². The maximum Gasteiger partial charge on any atom is 0.335 e. The van der Waals surface area contributed by atoms with Gasteiger partial charge in [-0.3, -0.25) is 0 Å². The van der Waals surface area contributed by atoms with Gasteiger partial charge in [-0.05, 0) is 32.4 Å². The summed E-state index contributed by atoms with van der Waals surface area (Å²) in [5.41, 5.74) is 0. The van der Waals surface area contributed by atoms with Crippen LogP contribution in [-0.4, -0.2) is 31.4 Å². The van der Waals surface area contributed by atoms with Crippen molar-refractivity contribution in [2.75, 3.05) is 13.2 Å². The molecule has 0 saturated heterocycles. The van der Waals surface area contributed by atoms with Crippen molar-refractivity contribution in [3.8, 4) is 5.75 Å². The van der Waals surface area contributed by atoms with Crippen molar-refractivity contribution in [3.63, 3.8) is 0 Å². The normalized spacial score (nSPS) is 13.6. The zero-order valence-electron chi connectivity index (χ0n) is 11.8. The Morgan fingerprint density at radius 2 is 1.89 bits per heavy atom. The summed E-state index contributed by atoms with van der Waals surface area (Å²) >= 11 is 0. The largest absolute Gasteiger partial charge is 0.490 e. The molecule has 4 heteroatoms. The van der Waals surface area contributed by atoms with Crippen LogP contribution in [0.2, 0.25) is 0 Å². The molecule has 106 valence electrons. The lowest BCUT2D eigenvalue weighted by Gasteiger charge is -2.17. The Balaban J connectivity index is 2.26. The molecule has 0 saturated carbocycles. The number of carbonyl (C=O) groups excluding carboxylic acids is 1. The van der Waals surface area contributed by atoms with Gasteiger partial charge in [0.25, 0.3) is 0 Å². The highest BCUT2D eigenvalue weighted by molar-refractivity contribution is 5.74. The second-order valence-corrected chi connectivity index (χ2v) is 4.38. The topological polar surface area (TPSA) is 44.8 Å². The first-order valence-electron chi connectivity index (χ1n) is 6.63. The van der Waals surface area contributed by atoms with Gasteiger partial charge in [-0.1, -0.05) is 25.1 Å². The van der Waals surface area contributed by atoms with Crippen LogP contribution in [0, 0.1) is 0 Å². The quantitative estimate of drug-likeness (QED) is 0.679. The van der Waals surface area contributed by atoms with E-state index in [1.54, 1.807) is 13.8 Å². The van der Waals surface area contributed by atoms with Crippen molar-refractivity contribution in [2.24, 2.45) is 0 Å². The van der Waals surface area contributed by atoms with Crippen LogP contribution in [0.15, 0.2) is 30.3 Å². The third-order valence-electron chi connectivity index (χ3n) is 2.45. The average Bonchev–Trinajstić information content (AvgIpc) is 2.43. The zero-order chi connectivity index (χ0) is 14.1. The van der Waals surface area contributed by atoms with E-state index in [4.69, 9.17) is 14.2 Å². The first-order valence-corrected chi connectivity index (χ1v) is 6.63. The van der Waals surface area contributed by atoms with Crippen molar-refractivity contribution >= 4 is 5.97 Å². The van der Waals surface area contributed by atoms with Crippen molar-refractivity contribution in [1.82, 2.24) is 0 Å². The van der Waals surface area contributed by atoms with Gasteiger partial charge in [0.15, 0.2) is 6.10 Å². The van der Waals surface area contributed by atoms with Crippen LogP contribution in [0.5, 0.6) is 5.75 Å². The second kappa shape index (κ2) is 8.53. The van der Waals surface area contributed by atoms with E-state index in [9.17, 15) is 4.79 Å². The Labute approximate surface area is 114 Å². The van der Waals surface area contributed by atoms with Crippen molar-refractivity contribution in [2.45, 2.75) is 39.4 Å². The summed E-state index contributed by atoms with van der Waals surface area (Å²) in [6.45, 7) is 6.38. The standard InChI is InChI=1S/C15H22O4/c1-4-10-17-13(3)15(16)19-12(2)11-18-14-8-6-5-7-9-14/h5-9,12-13H,4,10-11H2,1-3H3. The Morgan fingerprint density at radius 3 is 2.53 bits per heavy atom. The molecule has 0 aliphatic rings. The lowest BCUT2D eigenvalue weighted by atomic mass is 10.3. The number of hydrogen-bond donors (Lipinski definition) is 0. The lowest BCUT2D eigenvalue weighted by Crippen LogP contribution is -2.30. The fourth-order valence-corrected chi connectivity index (χ4v) is 1.42. The summed E-state index contributed by atoms with van der Waals surface area (Å²) in [7, 11) is 0. The third-order valence-corrected chi connectivity index (χ3v) is 2.45.